The molecule has 13 heavy (non-hydrogen) atoms. The summed E-state index contributed by atoms with van der Waals surface area (Å²) in [5.41, 5.74) is -0.306. The maximum atomic E-state index is 12.6. The number of nitro groups is 1. The van der Waals surface area contributed by atoms with Crippen LogP contribution in [0.1, 0.15) is 5.56 Å². The molecule has 0 saturated carbocycles. The SMILES string of the molecule is O=[N+]([O-])c1cc(F)c(F)cc1CBr. The Morgan fingerprint density at radius 3 is 2.38 bits per heavy atom. The Morgan fingerprint density at radius 1 is 1.38 bits per heavy atom. The van der Waals surface area contributed by atoms with E-state index in [4.69, 9.17) is 0 Å². The first-order valence-corrected chi connectivity index (χ1v) is 4.36. The van der Waals surface area contributed by atoms with Crippen molar-refractivity contribution in [2.45, 2.75) is 5.33 Å². The van der Waals surface area contributed by atoms with Crippen LogP contribution in [-0.4, -0.2) is 4.92 Å². The predicted molar refractivity (Wildman–Crippen MR) is 45.6 cm³/mol. The molecule has 1 aromatic carbocycles. The minimum absolute atomic E-state index is 0.112. The lowest BCUT2D eigenvalue weighted by atomic mass is 10.2. The number of benzene rings is 1. The summed E-state index contributed by atoms with van der Waals surface area (Å²) in [4.78, 5) is 9.59. The Bertz CT molecular complexity index is 357. The highest BCUT2D eigenvalue weighted by Gasteiger charge is 2.17. The van der Waals surface area contributed by atoms with Gasteiger partial charge in [0.05, 0.1) is 11.0 Å². The fourth-order valence-electron chi connectivity index (χ4n) is 0.855. The molecule has 0 heterocycles. The van der Waals surface area contributed by atoms with E-state index in [2.05, 4.69) is 15.9 Å². The summed E-state index contributed by atoms with van der Waals surface area (Å²) in [5.74, 6) is -2.29. The van der Waals surface area contributed by atoms with E-state index in [0.717, 1.165) is 6.07 Å². The molecule has 1 rings (SSSR count). The second-order valence-electron chi connectivity index (χ2n) is 2.29. The summed E-state index contributed by atoms with van der Waals surface area (Å²) in [6, 6.07) is 1.38. The van der Waals surface area contributed by atoms with E-state index in [1.165, 1.54) is 0 Å². The van der Waals surface area contributed by atoms with Gasteiger partial charge in [0.1, 0.15) is 0 Å². The molecular weight excluding hydrogens is 248 g/mol. The average molecular weight is 252 g/mol. The van der Waals surface area contributed by atoms with Gasteiger partial charge in [0.25, 0.3) is 5.69 Å². The third-order valence-corrected chi connectivity index (χ3v) is 2.07. The summed E-state index contributed by atoms with van der Waals surface area (Å²) in [6.07, 6.45) is 0. The van der Waals surface area contributed by atoms with Crippen LogP contribution in [0.5, 0.6) is 0 Å². The molecule has 0 amide bonds. The number of alkyl halides is 1. The molecule has 0 aliphatic carbocycles. The number of hydrogen-bond donors (Lipinski definition) is 0. The van der Waals surface area contributed by atoms with E-state index in [1.54, 1.807) is 0 Å². The van der Waals surface area contributed by atoms with Gasteiger partial charge < -0.3 is 0 Å². The summed E-state index contributed by atoms with van der Waals surface area (Å²) in [6.45, 7) is 0. The Morgan fingerprint density at radius 2 is 1.92 bits per heavy atom. The van der Waals surface area contributed by atoms with Gasteiger partial charge in [0, 0.05) is 10.9 Å². The third-order valence-electron chi connectivity index (χ3n) is 1.46. The number of rotatable bonds is 2. The van der Waals surface area contributed by atoms with Crippen molar-refractivity contribution in [1.29, 1.82) is 0 Å². The standard InChI is InChI=1S/C7H4BrF2NO2/c8-3-4-1-5(9)6(10)2-7(4)11(12)13/h1-2H,3H2. The zero-order valence-electron chi connectivity index (χ0n) is 6.26. The van der Waals surface area contributed by atoms with Crippen LogP contribution in [0.2, 0.25) is 0 Å². The summed E-state index contributed by atoms with van der Waals surface area (Å²) >= 11 is 2.94. The largest absolute Gasteiger partial charge is 0.276 e. The predicted octanol–water partition coefficient (Wildman–Crippen LogP) is 2.77. The van der Waals surface area contributed by atoms with Gasteiger partial charge in [-0.2, -0.15) is 0 Å². The van der Waals surface area contributed by atoms with Crippen molar-refractivity contribution in [2.24, 2.45) is 0 Å². The van der Waals surface area contributed by atoms with Gasteiger partial charge in [-0.25, -0.2) is 8.78 Å². The zero-order chi connectivity index (χ0) is 10.0. The molecule has 0 spiro atoms. The first-order valence-electron chi connectivity index (χ1n) is 3.24. The maximum absolute atomic E-state index is 12.6. The van der Waals surface area contributed by atoms with Gasteiger partial charge in [-0.1, -0.05) is 15.9 Å². The second kappa shape index (κ2) is 3.78. The van der Waals surface area contributed by atoms with Crippen molar-refractivity contribution < 1.29 is 13.7 Å². The highest BCUT2D eigenvalue weighted by molar-refractivity contribution is 9.08. The first-order chi connectivity index (χ1) is 6.06. The molecule has 0 bridgehead atoms. The van der Waals surface area contributed by atoms with Gasteiger partial charge in [0.2, 0.25) is 0 Å². The van der Waals surface area contributed by atoms with Crippen LogP contribution in [0, 0.1) is 21.7 Å². The normalized spacial score (nSPS) is 10.1. The van der Waals surface area contributed by atoms with E-state index in [9.17, 15) is 18.9 Å². The van der Waals surface area contributed by atoms with Gasteiger partial charge in [0.15, 0.2) is 11.6 Å². The smallest absolute Gasteiger partial charge is 0.258 e. The lowest BCUT2D eigenvalue weighted by Gasteiger charge is -1.99. The molecule has 0 aromatic heterocycles. The average Bonchev–Trinajstić information content (AvgIpc) is 2.08. The van der Waals surface area contributed by atoms with Crippen molar-refractivity contribution >= 4 is 21.6 Å². The number of halogens is 3. The van der Waals surface area contributed by atoms with Gasteiger partial charge in [-0.3, -0.25) is 10.1 Å². The molecule has 0 unspecified atom stereocenters. The Hall–Kier alpha value is -1.04. The number of nitrogens with zero attached hydrogens (tertiary/aromatic N) is 1. The summed E-state index contributed by atoms with van der Waals surface area (Å²) < 4.78 is 25.2. The Balaban J connectivity index is 3.33. The molecule has 0 atom stereocenters. The minimum Gasteiger partial charge on any atom is -0.258 e. The van der Waals surface area contributed by atoms with Crippen LogP contribution in [0.15, 0.2) is 12.1 Å². The molecule has 0 fully saturated rings. The van der Waals surface area contributed by atoms with Crippen molar-refractivity contribution in [3.63, 3.8) is 0 Å². The van der Waals surface area contributed by atoms with Crippen LogP contribution in [-0.2, 0) is 5.33 Å². The monoisotopic (exact) mass is 251 g/mol. The molecule has 0 N–H and O–H groups in total. The van der Waals surface area contributed by atoms with Crippen LogP contribution >= 0.6 is 15.9 Å². The van der Waals surface area contributed by atoms with Gasteiger partial charge in [-0.15, -0.1) is 0 Å². The van der Waals surface area contributed by atoms with Crippen LogP contribution in [0.25, 0.3) is 0 Å². The van der Waals surface area contributed by atoms with Gasteiger partial charge >= 0.3 is 0 Å². The summed E-state index contributed by atoms with van der Waals surface area (Å²) in [7, 11) is 0. The number of nitro benzene ring substituents is 1. The lowest BCUT2D eigenvalue weighted by molar-refractivity contribution is -0.385. The van der Waals surface area contributed by atoms with E-state index >= 15 is 0 Å². The quantitative estimate of drug-likeness (QED) is 0.461. The minimum atomic E-state index is -1.21. The Labute approximate surface area is 80.6 Å². The van der Waals surface area contributed by atoms with E-state index in [1.807, 2.05) is 0 Å². The lowest BCUT2D eigenvalue weighted by Crippen LogP contribution is -1.96. The highest BCUT2D eigenvalue weighted by Crippen LogP contribution is 2.23. The van der Waals surface area contributed by atoms with E-state index in [0.29, 0.717) is 6.07 Å². The summed E-state index contributed by atoms with van der Waals surface area (Å²) in [5, 5.41) is 10.5. The molecule has 3 nitrogen and oxygen atoms in total. The zero-order valence-corrected chi connectivity index (χ0v) is 7.85. The number of hydrogen-bond acceptors (Lipinski definition) is 2. The third kappa shape index (κ3) is 2.00. The molecule has 1 aromatic rings. The fraction of sp³-hybridized carbons (Fsp3) is 0.143. The molecule has 0 saturated heterocycles. The molecule has 0 aliphatic rings. The van der Waals surface area contributed by atoms with Crippen molar-refractivity contribution in [3.05, 3.63) is 39.4 Å². The highest BCUT2D eigenvalue weighted by atomic mass is 79.9. The topological polar surface area (TPSA) is 43.1 Å². The molecule has 6 heteroatoms. The van der Waals surface area contributed by atoms with Crippen molar-refractivity contribution in [1.82, 2.24) is 0 Å². The Kier molecular flexibility index (Phi) is 2.92. The van der Waals surface area contributed by atoms with Gasteiger partial charge in [-0.05, 0) is 6.07 Å². The second-order valence-corrected chi connectivity index (χ2v) is 2.85. The molecule has 0 aliphatic heterocycles. The van der Waals surface area contributed by atoms with Crippen molar-refractivity contribution in [3.8, 4) is 0 Å². The maximum Gasteiger partial charge on any atom is 0.276 e. The van der Waals surface area contributed by atoms with E-state index in [-0.39, 0.29) is 10.9 Å². The van der Waals surface area contributed by atoms with E-state index < -0.39 is 22.2 Å². The van der Waals surface area contributed by atoms with Crippen molar-refractivity contribution in [2.75, 3.05) is 0 Å². The van der Waals surface area contributed by atoms with Crippen LogP contribution in [0.3, 0.4) is 0 Å². The fourth-order valence-corrected chi connectivity index (χ4v) is 1.30. The molecular formula is C7H4BrF2NO2. The first kappa shape index (κ1) is 10.0. The molecule has 0 radical (unpaired) electrons. The van der Waals surface area contributed by atoms with Crippen LogP contribution in [0.4, 0.5) is 14.5 Å². The van der Waals surface area contributed by atoms with Crippen LogP contribution < -0.4 is 0 Å². The molecule has 70 valence electrons.